The topological polar surface area (TPSA) is 95.5 Å². The van der Waals surface area contributed by atoms with Crippen LogP contribution in [0.25, 0.3) is 11.1 Å². The number of carbonyl (C=O) groups is 1. The van der Waals surface area contributed by atoms with E-state index in [2.05, 4.69) is 10.1 Å². The molecule has 4 rings (SSSR count). The number of rotatable bonds is 5. The molecule has 0 radical (unpaired) electrons. The maximum atomic E-state index is 12.3. The van der Waals surface area contributed by atoms with Crippen molar-refractivity contribution in [2.24, 2.45) is 0 Å². The summed E-state index contributed by atoms with van der Waals surface area (Å²) in [5, 5.41) is 5.62. The van der Waals surface area contributed by atoms with E-state index < -0.39 is 5.60 Å². The van der Waals surface area contributed by atoms with Crippen molar-refractivity contribution in [3.05, 3.63) is 58.5 Å². The molecule has 0 bridgehead atoms. The molecule has 1 aliphatic rings. The van der Waals surface area contributed by atoms with Crippen molar-refractivity contribution in [1.82, 2.24) is 19.7 Å². The van der Waals surface area contributed by atoms with Gasteiger partial charge in [-0.1, -0.05) is 29.3 Å². The molecule has 35 heavy (non-hydrogen) atoms. The van der Waals surface area contributed by atoms with Crippen LogP contribution in [0.2, 0.25) is 10.0 Å². The Labute approximate surface area is 214 Å². The molecule has 2 aromatic heterocycles. The van der Waals surface area contributed by atoms with Crippen molar-refractivity contribution in [3.8, 4) is 16.9 Å². The highest BCUT2D eigenvalue weighted by Crippen LogP contribution is 2.31. The van der Waals surface area contributed by atoms with Crippen LogP contribution in [-0.2, 0) is 11.3 Å². The van der Waals surface area contributed by atoms with Gasteiger partial charge in [0.15, 0.2) is 11.6 Å². The Morgan fingerprint density at radius 2 is 1.83 bits per heavy atom. The van der Waals surface area contributed by atoms with E-state index in [0.29, 0.717) is 34.4 Å². The van der Waals surface area contributed by atoms with Crippen molar-refractivity contribution >= 4 is 35.1 Å². The third kappa shape index (κ3) is 6.18. The number of aromatic nitrogens is 3. The lowest BCUT2D eigenvalue weighted by Gasteiger charge is -2.33. The Kier molecular flexibility index (Phi) is 7.42. The van der Waals surface area contributed by atoms with E-state index in [1.807, 2.05) is 37.7 Å². The van der Waals surface area contributed by atoms with Gasteiger partial charge in [0.2, 0.25) is 0 Å². The van der Waals surface area contributed by atoms with Gasteiger partial charge < -0.3 is 20.1 Å². The summed E-state index contributed by atoms with van der Waals surface area (Å²) in [5.74, 6) is 0.718. The average molecular weight is 518 g/mol. The third-order valence-electron chi connectivity index (χ3n) is 5.74. The molecule has 0 unspecified atom stereocenters. The molecule has 1 fully saturated rings. The van der Waals surface area contributed by atoms with Crippen LogP contribution in [0.5, 0.6) is 5.75 Å². The number of nitrogens with zero attached hydrogens (tertiary/aromatic N) is 4. The van der Waals surface area contributed by atoms with E-state index in [4.69, 9.17) is 38.4 Å². The number of carbonyl (C=O) groups excluding carboxylic acids is 1. The SMILES string of the molecule is CC(C)(C)OC(=O)N1CCC(n2cc(-c3cnc(N)c(OCc4c(Cl)cccc4Cl)c3)cn2)CC1. The summed E-state index contributed by atoms with van der Waals surface area (Å²) in [6.07, 6.45) is 6.80. The molecule has 1 amide bonds. The summed E-state index contributed by atoms with van der Waals surface area (Å²) in [5.41, 5.74) is 7.95. The molecule has 1 aliphatic heterocycles. The van der Waals surface area contributed by atoms with Crippen molar-refractivity contribution in [1.29, 1.82) is 0 Å². The molecular formula is C25H29Cl2N5O3. The number of piperidine rings is 1. The van der Waals surface area contributed by atoms with Crippen LogP contribution in [0.3, 0.4) is 0 Å². The molecule has 8 nitrogen and oxygen atoms in total. The lowest BCUT2D eigenvalue weighted by atomic mass is 10.1. The van der Waals surface area contributed by atoms with E-state index in [1.165, 1.54) is 0 Å². The van der Waals surface area contributed by atoms with E-state index in [1.54, 1.807) is 35.5 Å². The van der Waals surface area contributed by atoms with Gasteiger partial charge in [0.1, 0.15) is 12.2 Å². The second-order valence-electron chi connectivity index (χ2n) is 9.50. The number of pyridine rings is 1. The summed E-state index contributed by atoms with van der Waals surface area (Å²) in [4.78, 5) is 18.4. The van der Waals surface area contributed by atoms with Crippen molar-refractivity contribution in [2.75, 3.05) is 18.8 Å². The number of benzene rings is 1. The highest BCUT2D eigenvalue weighted by molar-refractivity contribution is 6.35. The minimum absolute atomic E-state index is 0.170. The maximum absolute atomic E-state index is 12.3. The summed E-state index contributed by atoms with van der Waals surface area (Å²) >= 11 is 12.5. The molecular weight excluding hydrogens is 489 g/mol. The molecule has 186 valence electrons. The number of anilines is 1. The summed E-state index contributed by atoms with van der Waals surface area (Å²) < 4.78 is 13.3. The number of nitrogens with two attached hydrogens (primary N) is 1. The quantitative estimate of drug-likeness (QED) is 0.446. The molecule has 0 atom stereocenters. The van der Waals surface area contributed by atoms with Crippen LogP contribution in [-0.4, -0.2) is 44.4 Å². The zero-order chi connectivity index (χ0) is 25.2. The van der Waals surface area contributed by atoms with Gasteiger partial charge in [-0.3, -0.25) is 4.68 Å². The number of likely N-dealkylation sites (tertiary alicyclic amines) is 1. The van der Waals surface area contributed by atoms with E-state index in [9.17, 15) is 4.79 Å². The standard InChI is InChI=1S/C25H29Cl2N5O3/c1-25(2,3)35-24(33)31-9-7-18(8-10-31)32-14-17(13-30-32)16-11-22(23(28)29-12-16)34-15-19-20(26)5-4-6-21(19)27/h4-6,11-14,18H,7-10,15H2,1-3H3,(H2,28,29). The van der Waals surface area contributed by atoms with Crippen LogP contribution in [0.15, 0.2) is 42.9 Å². The van der Waals surface area contributed by atoms with Gasteiger partial charge in [-0.05, 0) is 51.8 Å². The monoisotopic (exact) mass is 517 g/mol. The molecule has 2 N–H and O–H groups in total. The molecule has 10 heteroatoms. The Hall–Kier alpha value is -2.97. The zero-order valence-electron chi connectivity index (χ0n) is 20.0. The highest BCUT2D eigenvalue weighted by Gasteiger charge is 2.28. The third-order valence-corrected chi connectivity index (χ3v) is 6.45. The van der Waals surface area contributed by atoms with Gasteiger partial charge in [-0.25, -0.2) is 9.78 Å². The minimum atomic E-state index is -0.500. The normalized spacial score (nSPS) is 14.7. The van der Waals surface area contributed by atoms with Gasteiger partial charge in [-0.15, -0.1) is 0 Å². The summed E-state index contributed by atoms with van der Waals surface area (Å²) in [7, 11) is 0. The second kappa shape index (κ2) is 10.3. The van der Waals surface area contributed by atoms with E-state index in [-0.39, 0.29) is 24.6 Å². The van der Waals surface area contributed by atoms with Crippen molar-refractivity contribution < 1.29 is 14.3 Å². The molecule has 0 aliphatic carbocycles. The smallest absolute Gasteiger partial charge is 0.410 e. The van der Waals surface area contributed by atoms with E-state index in [0.717, 1.165) is 24.0 Å². The van der Waals surface area contributed by atoms with Crippen LogP contribution < -0.4 is 10.5 Å². The Bertz CT molecular complexity index is 1180. The predicted octanol–water partition coefficient (Wildman–Crippen LogP) is 5.99. The Morgan fingerprint density at radius 3 is 2.49 bits per heavy atom. The van der Waals surface area contributed by atoms with Gasteiger partial charge in [-0.2, -0.15) is 5.10 Å². The fourth-order valence-corrected chi connectivity index (χ4v) is 4.38. The van der Waals surface area contributed by atoms with Gasteiger partial charge in [0.25, 0.3) is 0 Å². The van der Waals surface area contributed by atoms with Gasteiger partial charge in [0, 0.05) is 52.2 Å². The molecule has 3 aromatic rings. The summed E-state index contributed by atoms with van der Waals surface area (Å²) in [6.45, 7) is 7.04. The van der Waals surface area contributed by atoms with Crippen LogP contribution in [0.4, 0.5) is 10.6 Å². The number of halogens is 2. The zero-order valence-corrected chi connectivity index (χ0v) is 21.5. The van der Waals surface area contributed by atoms with Gasteiger partial charge in [0.05, 0.1) is 12.2 Å². The first-order chi connectivity index (χ1) is 16.6. The maximum Gasteiger partial charge on any atom is 0.410 e. The number of hydrogen-bond donors (Lipinski definition) is 1. The number of nitrogen functional groups attached to an aromatic ring is 1. The second-order valence-corrected chi connectivity index (χ2v) is 10.3. The highest BCUT2D eigenvalue weighted by atomic mass is 35.5. The first kappa shape index (κ1) is 25.1. The van der Waals surface area contributed by atoms with Crippen LogP contribution in [0, 0.1) is 0 Å². The Balaban J connectivity index is 1.41. The largest absolute Gasteiger partial charge is 0.485 e. The number of amides is 1. The molecule has 3 heterocycles. The van der Waals surface area contributed by atoms with E-state index >= 15 is 0 Å². The molecule has 0 saturated carbocycles. The predicted molar refractivity (Wildman–Crippen MR) is 137 cm³/mol. The average Bonchev–Trinajstić information content (AvgIpc) is 3.29. The fraction of sp³-hybridized carbons (Fsp3) is 0.400. The first-order valence-electron chi connectivity index (χ1n) is 11.4. The van der Waals surface area contributed by atoms with Crippen molar-refractivity contribution in [2.45, 2.75) is 51.9 Å². The van der Waals surface area contributed by atoms with Crippen LogP contribution >= 0.6 is 23.2 Å². The fourth-order valence-electron chi connectivity index (χ4n) is 3.88. The minimum Gasteiger partial charge on any atom is -0.485 e. The lowest BCUT2D eigenvalue weighted by Crippen LogP contribution is -2.42. The lowest BCUT2D eigenvalue weighted by molar-refractivity contribution is 0.0185. The first-order valence-corrected chi connectivity index (χ1v) is 12.2. The number of hydrogen-bond acceptors (Lipinski definition) is 6. The Morgan fingerprint density at radius 1 is 1.14 bits per heavy atom. The summed E-state index contributed by atoms with van der Waals surface area (Å²) in [6, 6.07) is 7.33. The molecule has 1 aromatic carbocycles. The van der Waals surface area contributed by atoms with Crippen molar-refractivity contribution in [3.63, 3.8) is 0 Å². The van der Waals surface area contributed by atoms with Gasteiger partial charge >= 0.3 is 6.09 Å². The molecule has 0 spiro atoms. The molecule has 1 saturated heterocycles. The number of ether oxygens (including phenoxy) is 2. The van der Waals surface area contributed by atoms with Crippen LogP contribution in [0.1, 0.15) is 45.2 Å².